The van der Waals surface area contributed by atoms with Crippen LogP contribution in [0.1, 0.15) is 58.3 Å². The standard InChI is InChI=1S/C13H22O5/c1-2-3-4-5-6-7-8-11(14)10(13(17)18)9-12(15)16/h10H,2-9H2,1H3,(H,15,16)(H,17,18). The van der Waals surface area contributed by atoms with E-state index in [0.29, 0.717) is 6.42 Å². The molecule has 0 fully saturated rings. The van der Waals surface area contributed by atoms with Crippen LogP contribution in [0.5, 0.6) is 0 Å². The van der Waals surface area contributed by atoms with Crippen molar-refractivity contribution in [2.24, 2.45) is 5.92 Å². The van der Waals surface area contributed by atoms with Crippen molar-refractivity contribution in [3.05, 3.63) is 0 Å². The van der Waals surface area contributed by atoms with E-state index in [0.717, 1.165) is 25.7 Å². The third-order valence-electron chi connectivity index (χ3n) is 2.84. The predicted octanol–water partition coefficient (Wildman–Crippen LogP) is 2.48. The van der Waals surface area contributed by atoms with Gasteiger partial charge in [-0.05, 0) is 6.42 Å². The zero-order valence-corrected chi connectivity index (χ0v) is 10.9. The van der Waals surface area contributed by atoms with Crippen molar-refractivity contribution in [2.75, 3.05) is 0 Å². The smallest absolute Gasteiger partial charge is 0.314 e. The molecule has 0 amide bonds. The lowest BCUT2D eigenvalue weighted by atomic mass is 9.96. The molecule has 0 bridgehead atoms. The molecule has 5 nitrogen and oxygen atoms in total. The normalized spacial score (nSPS) is 12.1. The number of ketones is 1. The van der Waals surface area contributed by atoms with Gasteiger partial charge in [0, 0.05) is 6.42 Å². The molecule has 0 aliphatic carbocycles. The van der Waals surface area contributed by atoms with Gasteiger partial charge >= 0.3 is 11.9 Å². The minimum atomic E-state index is -1.39. The first-order valence-electron chi connectivity index (χ1n) is 6.46. The Kier molecular flexibility index (Phi) is 8.88. The Labute approximate surface area is 107 Å². The molecule has 104 valence electrons. The summed E-state index contributed by atoms with van der Waals surface area (Å²) in [5, 5.41) is 17.3. The lowest BCUT2D eigenvalue weighted by Crippen LogP contribution is -2.26. The molecule has 0 heterocycles. The third-order valence-corrected chi connectivity index (χ3v) is 2.84. The van der Waals surface area contributed by atoms with Crippen LogP contribution in [0, 0.1) is 5.92 Å². The zero-order valence-electron chi connectivity index (χ0n) is 10.9. The van der Waals surface area contributed by atoms with E-state index in [1.54, 1.807) is 0 Å². The van der Waals surface area contributed by atoms with Gasteiger partial charge in [0.1, 0.15) is 11.7 Å². The number of carbonyl (C=O) groups excluding carboxylic acids is 1. The van der Waals surface area contributed by atoms with Gasteiger partial charge in [-0.2, -0.15) is 0 Å². The van der Waals surface area contributed by atoms with E-state index in [-0.39, 0.29) is 6.42 Å². The first kappa shape index (κ1) is 16.6. The minimum Gasteiger partial charge on any atom is -0.481 e. The van der Waals surface area contributed by atoms with Crippen LogP contribution >= 0.6 is 0 Å². The van der Waals surface area contributed by atoms with Crippen molar-refractivity contribution in [3.8, 4) is 0 Å². The lowest BCUT2D eigenvalue weighted by molar-refractivity contribution is -0.152. The average molecular weight is 258 g/mol. The van der Waals surface area contributed by atoms with E-state index in [1.807, 2.05) is 0 Å². The Hall–Kier alpha value is -1.39. The molecular formula is C13H22O5. The Morgan fingerprint density at radius 3 is 2.00 bits per heavy atom. The number of carboxylic acids is 2. The maximum absolute atomic E-state index is 11.6. The quantitative estimate of drug-likeness (QED) is 0.439. The number of carboxylic acid groups (broad SMARTS) is 2. The first-order valence-corrected chi connectivity index (χ1v) is 6.46. The van der Waals surface area contributed by atoms with Gasteiger partial charge in [-0.3, -0.25) is 14.4 Å². The molecule has 18 heavy (non-hydrogen) atoms. The molecule has 5 heteroatoms. The summed E-state index contributed by atoms with van der Waals surface area (Å²) in [6, 6.07) is 0. The van der Waals surface area contributed by atoms with Crippen molar-refractivity contribution in [2.45, 2.75) is 58.3 Å². The second-order valence-electron chi connectivity index (χ2n) is 4.47. The maximum Gasteiger partial charge on any atom is 0.314 e. The molecule has 1 atom stereocenters. The zero-order chi connectivity index (χ0) is 14.0. The molecule has 1 unspecified atom stereocenters. The Bertz CT molecular complexity index is 285. The highest BCUT2D eigenvalue weighted by Crippen LogP contribution is 2.13. The summed E-state index contributed by atoms with van der Waals surface area (Å²) in [5.74, 6) is -4.45. The van der Waals surface area contributed by atoms with Gasteiger partial charge in [0.2, 0.25) is 0 Å². The Balaban J connectivity index is 3.89. The van der Waals surface area contributed by atoms with Gasteiger partial charge in [-0.1, -0.05) is 39.0 Å². The minimum absolute atomic E-state index is 0.163. The SMILES string of the molecule is CCCCCCCCC(=O)C(CC(=O)O)C(=O)O. The van der Waals surface area contributed by atoms with Crippen molar-refractivity contribution >= 4 is 17.7 Å². The van der Waals surface area contributed by atoms with Gasteiger partial charge in [0.25, 0.3) is 0 Å². The summed E-state index contributed by atoms with van der Waals surface area (Å²) >= 11 is 0. The molecule has 0 saturated heterocycles. The Morgan fingerprint density at radius 2 is 1.50 bits per heavy atom. The van der Waals surface area contributed by atoms with Crippen molar-refractivity contribution < 1.29 is 24.6 Å². The second kappa shape index (κ2) is 9.62. The van der Waals surface area contributed by atoms with Crippen LogP contribution in [0.2, 0.25) is 0 Å². The van der Waals surface area contributed by atoms with E-state index < -0.39 is 30.1 Å². The van der Waals surface area contributed by atoms with Crippen LogP contribution in [-0.2, 0) is 14.4 Å². The molecule has 0 spiro atoms. The van der Waals surface area contributed by atoms with Crippen LogP contribution in [0.15, 0.2) is 0 Å². The highest BCUT2D eigenvalue weighted by atomic mass is 16.4. The number of hydrogen-bond acceptors (Lipinski definition) is 3. The van der Waals surface area contributed by atoms with Gasteiger partial charge in [-0.15, -0.1) is 0 Å². The fraction of sp³-hybridized carbons (Fsp3) is 0.769. The average Bonchev–Trinajstić information content (AvgIpc) is 2.29. The summed E-state index contributed by atoms with van der Waals surface area (Å²) in [6.45, 7) is 2.12. The summed E-state index contributed by atoms with van der Waals surface area (Å²) in [5.41, 5.74) is 0. The molecule has 0 rings (SSSR count). The van der Waals surface area contributed by atoms with E-state index in [1.165, 1.54) is 6.42 Å². The van der Waals surface area contributed by atoms with E-state index >= 15 is 0 Å². The number of unbranched alkanes of at least 4 members (excludes halogenated alkanes) is 5. The molecule has 0 aromatic rings. The molecule has 0 aliphatic rings. The second-order valence-corrected chi connectivity index (χ2v) is 4.47. The van der Waals surface area contributed by atoms with E-state index in [2.05, 4.69) is 6.92 Å². The van der Waals surface area contributed by atoms with Crippen LogP contribution in [-0.4, -0.2) is 27.9 Å². The number of carbonyl (C=O) groups is 3. The van der Waals surface area contributed by atoms with Gasteiger partial charge < -0.3 is 10.2 Å². The molecule has 0 aromatic carbocycles. The fourth-order valence-electron chi connectivity index (χ4n) is 1.77. The molecule has 2 N–H and O–H groups in total. The topological polar surface area (TPSA) is 91.7 Å². The fourth-order valence-corrected chi connectivity index (χ4v) is 1.77. The number of aliphatic carboxylic acids is 2. The number of rotatable bonds is 11. The summed E-state index contributed by atoms with van der Waals surface area (Å²) in [7, 11) is 0. The first-order chi connectivity index (χ1) is 8.49. The van der Waals surface area contributed by atoms with Crippen molar-refractivity contribution in [1.29, 1.82) is 0 Å². The van der Waals surface area contributed by atoms with Gasteiger partial charge in [0.05, 0.1) is 6.42 Å². The van der Waals surface area contributed by atoms with Crippen LogP contribution < -0.4 is 0 Å². The van der Waals surface area contributed by atoms with Crippen LogP contribution in [0.4, 0.5) is 0 Å². The highest BCUT2D eigenvalue weighted by Gasteiger charge is 2.27. The van der Waals surface area contributed by atoms with Gasteiger partial charge in [-0.25, -0.2) is 0 Å². The summed E-state index contributed by atoms with van der Waals surface area (Å²) in [4.78, 5) is 32.8. The maximum atomic E-state index is 11.6. The predicted molar refractivity (Wildman–Crippen MR) is 66.4 cm³/mol. The highest BCUT2D eigenvalue weighted by molar-refractivity contribution is 6.00. The number of Topliss-reactive ketones (excluding diaryl/α,β-unsaturated/α-hetero) is 1. The monoisotopic (exact) mass is 258 g/mol. The Morgan fingerprint density at radius 1 is 0.944 bits per heavy atom. The van der Waals surface area contributed by atoms with Crippen molar-refractivity contribution in [1.82, 2.24) is 0 Å². The molecule has 0 aliphatic heterocycles. The van der Waals surface area contributed by atoms with Crippen LogP contribution in [0.25, 0.3) is 0 Å². The lowest BCUT2D eigenvalue weighted by Gasteiger charge is -2.08. The number of hydrogen-bond donors (Lipinski definition) is 2. The van der Waals surface area contributed by atoms with E-state index in [9.17, 15) is 14.4 Å². The summed E-state index contributed by atoms with van der Waals surface area (Å²) < 4.78 is 0. The molecular weight excluding hydrogens is 236 g/mol. The van der Waals surface area contributed by atoms with Crippen LogP contribution in [0.3, 0.4) is 0 Å². The van der Waals surface area contributed by atoms with Crippen molar-refractivity contribution in [3.63, 3.8) is 0 Å². The molecule has 0 saturated carbocycles. The van der Waals surface area contributed by atoms with Gasteiger partial charge in [0.15, 0.2) is 0 Å². The molecule has 0 radical (unpaired) electrons. The third kappa shape index (κ3) is 7.81. The van der Waals surface area contributed by atoms with E-state index in [4.69, 9.17) is 10.2 Å². The molecule has 0 aromatic heterocycles. The largest absolute Gasteiger partial charge is 0.481 e. The summed E-state index contributed by atoms with van der Waals surface area (Å²) in [6.07, 6.45) is 5.57.